The molecule has 0 N–H and O–H groups in total. The summed E-state index contributed by atoms with van der Waals surface area (Å²) in [5.41, 5.74) is 1.13. The van der Waals surface area contributed by atoms with Gasteiger partial charge >= 0.3 is 0 Å². The monoisotopic (exact) mass is 304 g/mol. The van der Waals surface area contributed by atoms with E-state index in [1.165, 1.54) is 18.9 Å². The summed E-state index contributed by atoms with van der Waals surface area (Å²) >= 11 is 9.55. The maximum Gasteiger partial charge on any atom is 0.123 e. The molecule has 1 fully saturated rings. The first-order valence-corrected chi connectivity index (χ1v) is 6.88. The Kier molecular flexibility index (Phi) is 3.60. The Morgan fingerprint density at radius 2 is 2.19 bits per heavy atom. The van der Waals surface area contributed by atoms with E-state index < -0.39 is 0 Å². The van der Waals surface area contributed by atoms with E-state index in [1.54, 1.807) is 12.1 Å². The smallest absolute Gasteiger partial charge is 0.123 e. The van der Waals surface area contributed by atoms with Crippen LogP contribution >= 0.6 is 27.5 Å². The fourth-order valence-electron chi connectivity index (χ4n) is 2.19. The Labute approximate surface area is 109 Å². The van der Waals surface area contributed by atoms with Crippen LogP contribution in [0.5, 0.6) is 0 Å². The molecule has 3 heteroatoms. The molecule has 2 rings (SSSR count). The fourth-order valence-corrected chi connectivity index (χ4v) is 2.89. The van der Waals surface area contributed by atoms with Crippen molar-refractivity contribution in [1.82, 2.24) is 0 Å². The van der Waals surface area contributed by atoms with E-state index in [9.17, 15) is 4.39 Å². The summed E-state index contributed by atoms with van der Waals surface area (Å²) in [5.74, 6) is 1.17. The molecule has 1 aliphatic carbocycles. The number of rotatable bonds is 4. The van der Waals surface area contributed by atoms with Crippen molar-refractivity contribution >= 4 is 27.5 Å². The highest BCUT2D eigenvalue weighted by Crippen LogP contribution is 2.48. The van der Waals surface area contributed by atoms with Crippen LogP contribution in [-0.4, -0.2) is 5.88 Å². The van der Waals surface area contributed by atoms with E-state index in [2.05, 4.69) is 22.9 Å². The molecule has 0 radical (unpaired) electrons. The third kappa shape index (κ3) is 2.60. The second-order valence-corrected chi connectivity index (χ2v) is 6.10. The number of halogens is 3. The Morgan fingerprint density at radius 1 is 1.50 bits per heavy atom. The van der Waals surface area contributed by atoms with Crippen LogP contribution in [0.25, 0.3) is 0 Å². The Morgan fingerprint density at radius 3 is 2.75 bits per heavy atom. The molecule has 1 saturated carbocycles. The third-order valence-corrected chi connectivity index (χ3v) is 4.85. The zero-order valence-electron chi connectivity index (χ0n) is 9.27. The van der Waals surface area contributed by atoms with Crippen LogP contribution in [0.4, 0.5) is 4.39 Å². The molecule has 1 aliphatic rings. The van der Waals surface area contributed by atoms with Crippen LogP contribution in [-0.2, 0) is 6.42 Å². The van der Waals surface area contributed by atoms with Crippen molar-refractivity contribution in [1.29, 1.82) is 0 Å². The lowest BCUT2D eigenvalue weighted by Gasteiger charge is -2.27. The molecule has 1 unspecified atom stereocenters. The van der Waals surface area contributed by atoms with Crippen LogP contribution in [0.2, 0.25) is 0 Å². The van der Waals surface area contributed by atoms with Gasteiger partial charge in [-0.1, -0.05) is 22.9 Å². The minimum absolute atomic E-state index is 0.109. The first-order chi connectivity index (χ1) is 7.55. The maximum absolute atomic E-state index is 13.2. The van der Waals surface area contributed by atoms with Crippen molar-refractivity contribution < 1.29 is 4.39 Å². The van der Waals surface area contributed by atoms with Gasteiger partial charge in [0.15, 0.2) is 0 Å². The van der Waals surface area contributed by atoms with Crippen molar-refractivity contribution in [3.8, 4) is 0 Å². The Bertz CT molecular complexity index is 390. The summed E-state index contributed by atoms with van der Waals surface area (Å²) in [6, 6.07) is 4.85. The zero-order chi connectivity index (χ0) is 11.8. The second kappa shape index (κ2) is 4.66. The minimum atomic E-state index is -0.175. The molecular weight excluding hydrogens is 290 g/mol. The van der Waals surface area contributed by atoms with Crippen LogP contribution in [0.1, 0.15) is 25.3 Å². The average Bonchev–Trinajstić information content (AvgIpc) is 3.07. The van der Waals surface area contributed by atoms with Crippen molar-refractivity contribution in [2.24, 2.45) is 11.3 Å². The van der Waals surface area contributed by atoms with Crippen LogP contribution in [0.15, 0.2) is 22.7 Å². The van der Waals surface area contributed by atoms with E-state index in [1.807, 2.05) is 0 Å². The lowest BCUT2D eigenvalue weighted by molar-refractivity contribution is 0.312. The minimum Gasteiger partial charge on any atom is -0.207 e. The zero-order valence-corrected chi connectivity index (χ0v) is 11.6. The van der Waals surface area contributed by atoms with Gasteiger partial charge in [-0.3, -0.25) is 0 Å². The predicted octanol–water partition coefficient (Wildman–Crippen LogP) is 4.79. The normalized spacial score (nSPS) is 19.5. The van der Waals surface area contributed by atoms with E-state index in [-0.39, 0.29) is 11.2 Å². The van der Waals surface area contributed by atoms with Gasteiger partial charge in [-0.05, 0) is 54.4 Å². The van der Waals surface area contributed by atoms with Crippen molar-refractivity contribution in [2.75, 3.05) is 5.88 Å². The highest BCUT2D eigenvalue weighted by atomic mass is 79.9. The van der Waals surface area contributed by atoms with E-state index in [4.69, 9.17) is 11.6 Å². The molecule has 88 valence electrons. The molecule has 0 aliphatic heterocycles. The van der Waals surface area contributed by atoms with Gasteiger partial charge in [0.05, 0.1) is 0 Å². The van der Waals surface area contributed by atoms with E-state index >= 15 is 0 Å². The van der Waals surface area contributed by atoms with E-state index in [0.717, 1.165) is 16.5 Å². The largest absolute Gasteiger partial charge is 0.207 e. The summed E-state index contributed by atoms with van der Waals surface area (Å²) in [5, 5.41) is 0. The number of hydrogen-bond donors (Lipinski definition) is 0. The average molecular weight is 306 g/mol. The maximum atomic E-state index is 13.2. The van der Waals surface area contributed by atoms with Gasteiger partial charge in [-0.2, -0.15) is 0 Å². The molecule has 1 atom stereocenters. The molecule has 0 bridgehead atoms. The quantitative estimate of drug-likeness (QED) is 0.702. The second-order valence-electron chi connectivity index (χ2n) is 4.97. The molecule has 16 heavy (non-hydrogen) atoms. The SMILES string of the molecule is CC(CCl)(Cc1cc(F)ccc1Br)C1CC1. The van der Waals surface area contributed by atoms with Crippen LogP contribution < -0.4 is 0 Å². The highest BCUT2D eigenvalue weighted by Gasteiger charge is 2.41. The summed E-state index contributed by atoms with van der Waals surface area (Å²) < 4.78 is 14.2. The third-order valence-electron chi connectivity index (χ3n) is 3.47. The topological polar surface area (TPSA) is 0 Å². The van der Waals surface area contributed by atoms with Gasteiger partial charge < -0.3 is 0 Å². The van der Waals surface area contributed by atoms with Gasteiger partial charge in [0.1, 0.15) is 5.82 Å². The van der Waals surface area contributed by atoms with Gasteiger partial charge in [0.2, 0.25) is 0 Å². The molecule has 0 nitrogen and oxygen atoms in total. The molecule has 0 spiro atoms. The number of hydrogen-bond acceptors (Lipinski definition) is 0. The molecule has 1 aromatic rings. The Hall–Kier alpha value is -0.0800. The van der Waals surface area contributed by atoms with Crippen molar-refractivity contribution in [2.45, 2.75) is 26.2 Å². The van der Waals surface area contributed by atoms with Gasteiger partial charge in [0.25, 0.3) is 0 Å². The lowest BCUT2D eigenvalue weighted by Crippen LogP contribution is -2.24. The molecule has 1 aromatic carbocycles. The first kappa shape index (κ1) is 12.4. The molecule has 0 aromatic heterocycles. The summed E-state index contributed by atoms with van der Waals surface area (Å²) in [6.45, 7) is 2.20. The summed E-state index contributed by atoms with van der Waals surface area (Å²) in [6.07, 6.45) is 3.37. The predicted molar refractivity (Wildman–Crippen MR) is 69.4 cm³/mol. The number of benzene rings is 1. The van der Waals surface area contributed by atoms with Gasteiger partial charge in [0, 0.05) is 10.4 Å². The van der Waals surface area contributed by atoms with Crippen LogP contribution in [0, 0.1) is 17.2 Å². The van der Waals surface area contributed by atoms with Gasteiger partial charge in [-0.15, -0.1) is 11.6 Å². The molecular formula is C13H15BrClF. The van der Waals surface area contributed by atoms with Crippen molar-refractivity contribution in [3.05, 3.63) is 34.1 Å². The van der Waals surface area contributed by atoms with Crippen molar-refractivity contribution in [3.63, 3.8) is 0 Å². The van der Waals surface area contributed by atoms with Gasteiger partial charge in [-0.25, -0.2) is 4.39 Å². The summed E-state index contributed by atoms with van der Waals surface area (Å²) in [7, 11) is 0. The fraction of sp³-hybridized carbons (Fsp3) is 0.538. The standard InChI is InChI=1S/C13H15BrClF/c1-13(8-15,10-2-3-10)7-9-6-11(16)4-5-12(9)14/h4-6,10H,2-3,7-8H2,1H3. The molecule has 0 saturated heterocycles. The summed E-state index contributed by atoms with van der Waals surface area (Å²) in [4.78, 5) is 0. The number of alkyl halides is 1. The first-order valence-electron chi connectivity index (χ1n) is 5.55. The Balaban J connectivity index is 2.21. The molecule has 0 amide bonds. The van der Waals surface area contributed by atoms with E-state index in [0.29, 0.717) is 11.8 Å². The molecule has 0 heterocycles. The lowest BCUT2D eigenvalue weighted by atomic mass is 9.81. The highest BCUT2D eigenvalue weighted by molar-refractivity contribution is 9.10. The van der Waals surface area contributed by atoms with Crippen LogP contribution in [0.3, 0.4) is 0 Å².